The summed E-state index contributed by atoms with van der Waals surface area (Å²) in [5.74, 6) is -2.58. The smallest absolute Gasteiger partial charge is 0.339 e. The Labute approximate surface area is 206 Å². The van der Waals surface area contributed by atoms with Crippen molar-refractivity contribution in [3.63, 3.8) is 0 Å². The van der Waals surface area contributed by atoms with Gasteiger partial charge in [0.1, 0.15) is 17.4 Å². The van der Waals surface area contributed by atoms with Crippen LogP contribution in [0, 0.1) is 0 Å². The lowest BCUT2D eigenvalue weighted by molar-refractivity contribution is -0.238. The summed E-state index contributed by atoms with van der Waals surface area (Å²) in [5.41, 5.74) is -0.0259. The molecule has 0 aromatic heterocycles. The van der Waals surface area contributed by atoms with Crippen LogP contribution in [0.5, 0.6) is 0 Å². The quantitative estimate of drug-likeness (QED) is 0.287. The molecule has 182 valence electrons. The molecule has 1 aliphatic heterocycles. The van der Waals surface area contributed by atoms with Crippen molar-refractivity contribution in [2.45, 2.75) is 48.3 Å². The molecule has 5 atom stereocenters. The zero-order chi connectivity index (χ0) is 24.5. The van der Waals surface area contributed by atoms with Crippen LogP contribution in [0.25, 0.3) is 0 Å². The first-order valence-corrected chi connectivity index (χ1v) is 11.9. The van der Waals surface area contributed by atoms with Crippen LogP contribution in [0.1, 0.15) is 12.5 Å². The van der Waals surface area contributed by atoms with Gasteiger partial charge in [-0.15, -0.1) is 11.6 Å². The maximum absolute atomic E-state index is 12.6. The number of hydrogen-bond donors (Lipinski definition) is 0. The Morgan fingerprint density at radius 2 is 1.59 bits per heavy atom. The van der Waals surface area contributed by atoms with Crippen molar-refractivity contribution in [2.75, 3.05) is 13.0 Å². The van der Waals surface area contributed by atoms with Gasteiger partial charge in [-0.3, -0.25) is 9.59 Å². The standard InChI is InChI=1S/C24H25ClO8S/c1-15(26)31-22-19(30-14-16-9-5-3-6-10-16)20(32-18(27)13-25)21(23(28)29-2)33-24(22)34-17-11-7-4-8-12-17/h3-12,19-22,24H,13-14H2,1-2H3/t19-,20+,21?,22?,24-/m0/s1. The van der Waals surface area contributed by atoms with Crippen LogP contribution in [0.3, 0.4) is 0 Å². The highest BCUT2D eigenvalue weighted by Crippen LogP contribution is 2.38. The van der Waals surface area contributed by atoms with Gasteiger partial charge in [0.05, 0.1) is 13.7 Å². The zero-order valence-electron chi connectivity index (χ0n) is 18.6. The van der Waals surface area contributed by atoms with Gasteiger partial charge < -0.3 is 23.7 Å². The number of carbonyl (C=O) groups is 3. The van der Waals surface area contributed by atoms with Crippen molar-refractivity contribution in [1.82, 2.24) is 0 Å². The highest BCUT2D eigenvalue weighted by atomic mass is 35.5. The molecule has 0 radical (unpaired) electrons. The highest BCUT2D eigenvalue weighted by molar-refractivity contribution is 7.99. The number of carbonyl (C=O) groups excluding carboxylic acids is 3. The van der Waals surface area contributed by atoms with Gasteiger partial charge in [0.2, 0.25) is 0 Å². The van der Waals surface area contributed by atoms with E-state index in [-0.39, 0.29) is 6.61 Å². The van der Waals surface area contributed by atoms with Crippen LogP contribution in [0.15, 0.2) is 65.6 Å². The van der Waals surface area contributed by atoms with Crippen molar-refractivity contribution >= 4 is 41.3 Å². The van der Waals surface area contributed by atoms with Gasteiger partial charge in [-0.1, -0.05) is 60.3 Å². The maximum atomic E-state index is 12.6. The lowest BCUT2D eigenvalue weighted by Gasteiger charge is -2.43. The fourth-order valence-electron chi connectivity index (χ4n) is 3.43. The molecule has 0 amide bonds. The van der Waals surface area contributed by atoms with Gasteiger partial charge in [0.25, 0.3) is 0 Å². The Hall–Kier alpha value is -2.59. The largest absolute Gasteiger partial charge is 0.467 e. The second-order valence-electron chi connectivity index (χ2n) is 7.30. The molecule has 0 N–H and O–H groups in total. The minimum Gasteiger partial charge on any atom is -0.467 e. The zero-order valence-corrected chi connectivity index (χ0v) is 20.2. The molecule has 0 spiro atoms. The third-order valence-corrected chi connectivity index (χ3v) is 6.26. The van der Waals surface area contributed by atoms with Crippen LogP contribution in [0.2, 0.25) is 0 Å². The van der Waals surface area contributed by atoms with E-state index in [0.29, 0.717) is 0 Å². The molecule has 0 bridgehead atoms. The number of methoxy groups -OCH3 is 1. The summed E-state index contributed by atoms with van der Waals surface area (Å²) in [5, 5.41) is 0. The Bertz CT molecular complexity index is 958. The van der Waals surface area contributed by atoms with Crippen molar-refractivity contribution in [2.24, 2.45) is 0 Å². The lowest BCUT2D eigenvalue weighted by atomic mass is 9.98. The number of hydrogen-bond acceptors (Lipinski definition) is 9. The number of rotatable bonds is 9. The van der Waals surface area contributed by atoms with E-state index >= 15 is 0 Å². The molecule has 34 heavy (non-hydrogen) atoms. The summed E-state index contributed by atoms with van der Waals surface area (Å²) in [6, 6.07) is 18.5. The molecule has 1 fully saturated rings. The van der Waals surface area contributed by atoms with E-state index in [9.17, 15) is 14.4 Å². The Morgan fingerprint density at radius 1 is 0.941 bits per heavy atom. The summed E-state index contributed by atoms with van der Waals surface area (Å²) in [4.78, 5) is 37.6. The van der Waals surface area contributed by atoms with Crippen molar-refractivity contribution in [3.8, 4) is 0 Å². The third-order valence-electron chi connectivity index (χ3n) is 4.89. The van der Waals surface area contributed by atoms with Crippen LogP contribution in [-0.4, -0.2) is 60.7 Å². The first kappa shape index (κ1) is 26.0. The summed E-state index contributed by atoms with van der Waals surface area (Å²) in [6.45, 7) is 1.36. The summed E-state index contributed by atoms with van der Waals surface area (Å²) in [7, 11) is 1.20. The minimum absolute atomic E-state index is 0.106. The predicted octanol–water partition coefficient (Wildman–Crippen LogP) is 3.34. The molecule has 1 aliphatic rings. The van der Waals surface area contributed by atoms with Crippen LogP contribution in [0.4, 0.5) is 0 Å². The van der Waals surface area contributed by atoms with Gasteiger partial charge in [-0.25, -0.2) is 4.79 Å². The SMILES string of the molecule is COC(=O)C1O[C@@H](Sc2ccccc2)C(OC(C)=O)[C@@H](OCc2ccccc2)[C@H]1OC(=O)CCl. The molecule has 1 heterocycles. The molecule has 2 unspecified atom stereocenters. The highest BCUT2D eigenvalue weighted by Gasteiger charge is 2.54. The fraction of sp³-hybridized carbons (Fsp3) is 0.375. The van der Waals surface area contributed by atoms with E-state index in [1.807, 2.05) is 60.7 Å². The van der Waals surface area contributed by atoms with Gasteiger partial charge in [0.15, 0.2) is 18.3 Å². The predicted molar refractivity (Wildman–Crippen MR) is 124 cm³/mol. The van der Waals surface area contributed by atoms with Crippen LogP contribution >= 0.6 is 23.4 Å². The molecule has 8 nitrogen and oxygen atoms in total. The number of alkyl halides is 1. The topological polar surface area (TPSA) is 97.4 Å². The fourth-order valence-corrected chi connectivity index (χ4v) is 4.60. The summed E-state index contributed by atoms with van der Waals surface area (Å²) < 4.78 is 28.1. The van der Waals surface area contributed by atoms with E-state index in [1.165, 1.54) is 25.8 Å². The summed E-state index contributed by atoms with van der Waals surface area (Å²) >= 11 is 6.89. The average Bonchev–Trinajstić information content (AvgIpc) is 2.85. The number of benzene rings is 2. The molecule has 0 aliphatic carbocycles. The van der Waals surface area contributed by atoms with E-state index in [0.717, 1.165) is 10.5 Å². The second-order valence-corrected chi connectivity index (χ2v) is 8.74. The first-order chi connectivity index (χ1) is 16.4. The minimum atomic E-state index is -1.33. The van der Waals surface area contributed by atoms with Gasteiger partial charge in [-0.2, -0.15) is 0 Å². The maximum Gasteiger partial charge on any atom is 0.339 e. The van der Waals surface area contributed by atoms with Gasteiger partial charge in [-0.05, 0) is 17.7 Å². The molecular weight excluding hydrogens is 484 g/mol. The average molecular weight is 509 g/mol. The third kappa shape index (κ3) is 6.96. The Balaban J connectivity index is 1.99. The van der Waals surface area contributed by atoms with E-state index < -0.39 is 53.6 Å². The summed E-state index contributed by atoms with van der Waals surface area (Å²) in [6.07, 6.45) is -4.65. The number of esters is 3. The lowest BCUT2D eigenvalue weighted by Crippen LogP contribution is -2.62. The number of halogens is 1. The van der Waals surface area contributed by atoms with Gasteiger partial charge in [0, 0.05) is 11.8 Å². The molecule has 3 rings (SSSR count). The Morgan fingerprint density at radius 3 is 2.18 bits per heavy atom. The second kappa shape index (κ2) is 12.8. The molecule has 0 saturated carbocycles. The van der Waals surface area contributed by atoms with Crippen molar-refractivity contribution in [3.05, 3.63) is 66.2 Å². The monoisotopic (exact) mass is 508 g/mol. The number of ether oxygens (including phenoxy) is 5. The Kier molecular flexibility index (Phi) is 9.76. The van der Waals surface area contributed by atoms with E-state index in [2.05, 4.69) is 0 Å². The normalized spacial score (nSPS) is 24.1. The van der Waals surface area contributed by atoms with E-state index in [4.69, 9.17) is 35.3 Å². The molecular formula is C24H25ClO8S. The molecule has 10 heteroatoms. The first-order valence-electron chi connectivity index (χ1n) is 10.5. The van der Waals surface area contributed by atoms with Crippen LogP contribution in [-0.2, 0) is 44.7 Å². The van der Waals surface area contributed by atoms with Crippen molar-refractivity contribution < 1.29 is 38.1 Å². The number of thioether (sulfide) groups is 1. The molecule has 2 aromatic carbocycles. The van der Waals surface area contributed by atoms with Gasteiger partial charge >= 0.3 is 17.9 Å². The molecule has 1 saturated heterocycles. The molecule has 2 aromatic rings. The van der Waals surface area contributed by atoms with Crippen LogP contribution < -0.4 is 0 Å². The van der Waals surface area contributed by atoms with Crippen molar-refractivity contribution in [1.29, 1.82) is 0 Å². The van der Waals surface area contributed by atoms with E-state index in [1.54, 1.807) is 0 Å².